The Morgan fingerprint density at radius 3 is 2.21 bits per heavy atom. The van der Waals surface area contributed by atoms with Crippen LogP contribution in [0.5, 0.6) is 5.75 Å². The third-order valence-electron chi connectivity index (χ3n) is 11.4. The summed E-state index contributed by atoms with van der Waals surface area (Å²) in [6, 6.07) is 32.7. The van der Waals surface area contributed by atoms with Gasteiger partial charge < -0.3 is 14.3 Å². The van der Waals surface area contributed by atoms with E-state index in [1.807, 2.05) is 35.7 Å². The predicted molar refractivity (Wildman–Crippen MR) is 211 cm³/mol. The van der Waals surface area contributed by atoms with Gasteiger partial charge in [-0.15, -0.1) is 11.3 Å². The molecule has 1 N–H and O–H groups in total. The lowest BCUT2D eigenvalue weighted by Gasteiger charge is -2.44. The van der Waals surface area contributed by atoms with E-state index in [1.54, 1.807) is 17.4 Å². The summed E-state index contributed by atoms with van der Waals surface area (Å²) in [5, 5.41) is 14.7. The van der Waals surface area contributed by atoms with Crippen LogP contribution in [0.4, 0.5) is 0 Å². The minimum atomic E-state index is -2.88. The number of phenols is 1. The molecule has 7 rings (SSSR count). The van der Waals surface area contributed by atoms with Crippen molar-refractivity contribution in [3.8, 4) is 5.75 Å². The van der Waals surface area contributed by atoms with Gasteiger partial charge >= 0.3 is 0 Å². The SMILES string of the molecule is CC/C(=C\c1ccccc1O)CC[C@H]1OC[C@H]2C1=C(CO[Si](c1ccccc1)(c1ccccc1)C(C)(C)C)C[C@H]1C(=O)N(Cc3cccs3)C(=O)[C@H]12. The van der Waals surface area contributed by atoms with Crippen LogP contribution in [0.3, 0.4) is 0 Å². The normalized spacial score (nSPS) is 22.2. The topological polar surface area (TPSA) is 76.1 Å². The molecule has 2 saturated heterocycles. The Hall–Kier alpha value is -4.08. The molecule has 6 nitrogen and oxygen atoms in total. The molecule has 2 fully saturated rings. The molecular formula is C44H49NO5SSi. The van der Waals surface area contributed by atoms with Gasteiger partial charge in [-0.3, -0.25) is 14.5 Å². The number of likely N-dealkylation sites (tertiary alicyclic amines) is 1. The van der Waals surface area contributed by atoms with Gasteiger partial charge in [0.25, 0.3) is 8.32 Å². The largest absolute Gasteiger partial charge is 0.507 e. The Labute approximate surface area is 312 Å². The number of para-hydroxylation sites is 1. The number of benzene rings is 3. The van der Waals surface area contributed by atoms with Crippen molar-refractivity contribution in [3.05, 3.63) is 130 Å². The maximum absolute atomic E-state index is 14.2. The number of amides is 2. The lowest BCUT2D eigenvalue weighted by atomic mass is 9.69. The summed E-state index contributed by atoms with van der Waals surface area (Å²) in [5.41, 5.74) is 4.31. The second kappa shape index (κ2) is 15.1. The number of ether oxygens (including phenoxy) is 1. The number of rotatable bonds is 12. The average Bonchev–Trinajstić information content (AvgIpc) is 3.88. The van der Waals surface area contributed by atoms with Gasteiger partial charge in [-0.2, -0.15) is 0 Å². The fourth-order valence-electron chi connectivity index (χ4n) is 8.84. The number of aromatic hydroxyl groups is 1. The van der Waals surface area contributed by atoms with Gasteiger partial charge in [0.15, 0.2) is 0 Å². The second-order valence-electron chi connectivity index (χ2n) is 15.4. The molecule has 270 valence electrons. The summed E-state index contributed by atoms with van der Waals surface area (Å²) >= 11 is 1.57. The molecule has 2 amide bonds. The van der Waals surface area contributed by atoms with E-state index in [9.17, 15) is 14.7 Å². The summed E-state index contributed by atoms with van der Waals surface area (Å²) in [6.07, 6.45) is 4.79. The highest BCUT2D eigenvalue weighted by Crippen LogP contribution is 2.51. The number of hydrogen-bond acceptors (Lipinski definition) is 6. The third kappa shape index (κ3) is 6.78. The van der Waals surface area contributed by atoms with Crippen molar-refractivity contribution in [1.82, 2.24) is 4.90 Å². The van der Waals surface area contributed by atoms with E-state index in [4.69, 9.17) is 9.16 Å². The fourth-order valence-corrected chi connectivity index (χ4v) is 14.1. The average molecular weight is 732 g/mol. The second-order valence-corrected chi connectivity index (χ2v) is 20.7. The summed E-state index contributed by atoms with van der Waals surface area (Å²) in [7, 11) is -2.88. The van der Waals surface area contributed by atoms with Crippen molar-refractivity contribution in [2.45, 2.75) is 71.1 Å². The first-order chi connectivity index (χ1) is 25.1. The molecule has 4 atom stereocenters. The van der Waals surface area contributed by atoms with Crippen molar-refractivity contribution >= 4 is 47.9 Å². The minimum absolute atomic E-state index is 0.0733. The smallest absolute Gasteiger partial charge is 0.261 e. The van der Waals surface area contributed by atoms with E-state index in [0.29, 0.717) is 26.2 Å². The van der Waals surface area contributed by atoms with Gasteiger partial charge in [-0.05, 0) is 69.8 Å². The Morgan fingerprint density at radius 1 is 0.923 bits per heavy atom. The van der Waals surface area contributed by atoms with E-state index >= 15 is 0 Å². The quantitative estimate of drug-likeness (QED) is 0.0906. The van der Waals surface area contributed by atoms with E-state index in [-0.39, 0.29) is 34.6 Å². The Kier molecular flexibility index (Phi) is 10.5. The molecule has 8 heteroatoms. The molecular weight excluding hydrogens is 683 g/mol. The monoisotopic (exact) mass is 731 g/mol. The number of carbonyl (C=O) groups excluding carboxylic acids is 2. The van der Waals surface area contributed by atoms with Gasteiger partial charge in [0, 0.05) is 16.4 Å². The summed E-state index contributed by atoms with van der Waals surface area (Å²) in [6.45, 7) is 10.1. The van der Waals surface area contributed by atoms with Gasteiger partial charge in [-0.25, -0.2) is 0 Å². The van der Waals surface area contributed by atoms with Gasteiger partial charge in [0.05, 0.1) is 37.7 Å². The number of phenolic OH excluding ortho intramolecular Hbond substituents is 1. The van der Waals surface area contributed by atoms with Crippen LogP contribution >= 0.6 is 11.3 Å². The summed E-state index contributed by atoms with van der Waals surface area (Å²) in [4.78, 5) is 30.8. The number of carbonyl (C=O) groups is 2. The van der Waals surface area contributed by atoms with Crippen LogP contribution in [0, 0.1) is 17.8 Å². The standard InChI is InChI=1S/C44H49NO5SSi/c1-5-30(25-31-15-12-13-21-38(31)46)22-23-39-40-32(26-36-41(37(40)29-49-39)43(48)45(42(36)47)27-33-16-14-24-51-33)28-50-52(44(2,3)4,34-17-8-6-9-18-34)35-19-10-7-11-20-35/h6-21,24-25,36-37,39,41,46H,5,22-23,26-29H2,1-4H3/b30-25+/t36-,37+,39-,41-/m1/s1. The Bertz CT molecular complexity index is 1910. The van der Waals surface area contributed by atoms with Crippen molar-refractivity contribution in [1.29, 1.82) is 0 Å². The van der Waals surface area contributed by atoms with Crippen molar-refractivity contribution < 1.29 is 23.9 Å². The molecule has 0 saturated carbocycles. The van der Waals surface area contributed by atoms with E-state index in [2.05, 4.69) is 94.4 Å². The number of hydrogen-bond donors (Lipinski definition) is 1. The molecule has 3 aliphatic rings. The summed E-state index contributed by atoms with van der Waals surface area (Å²) < 4.78 is 14.1. The molecule has 0 radical (unpaired) electrons. The van der Waals surface area contributed by atoms with Gasteiger partial charge in [0.2, 0.25) is 11.8 Å². The first-order valence-electron chi connectivity index (χ1n) is 18.6. The lowest BCUT2D eigenvalue weighted by Crippen LogP contribution is -2.66. The van der Waals surface area contributed by atoms with E-state index in [0.717, 1.165) is 40.8 Å². The van der Waals surface area contributed by atoms with Crippen LogP contribution in [0.15, 0.2) is 119 Å². The van der Waals surface area contributed by atoms with Gasteiger partial charge in [0.1, 0.15) is 5.75 Å². The third-order valence-corrected chi connectivity index (χ3v) is 17.2. The highest BCUT2D eigenvalue weighted by Gasteiger charge is 2.58. The Balaban J connectivity index is 1.26. The number of imide groups is 1. The number of allylic oxidation sites excluding steroid dienone is 1. The molecule has 52 heavy (non-hydrogen) atoms. The number of thiophene rings is 1. The van der Waals surface area contributed by atoms with Crippen LogP contribution < -0.4 is 10.4 Å². The molecule has 1 aromatic heterocycles. The molecule has 0 spiro atoms. The zero-order chi connectivity index (χ0) is 36.5. The molecule has 1 aliphatic carbocycles. The van der Waals surface area contributed by atoms with E-state index in [1.165, 1.54) is 20.8 Å². The van der Waals surface area contributed by atoms with Crippen LogP contribution in [-0.2, 0) is 25.3 Å². The van der Waals surface area contributed by atoms with Crippen LogP contribution in [-0.4, -0.2) is 49.5 Å². The Morgan fingerprint density at radius 2 is 1.60 bits per heavy atom. The number of nitrogens with zero attached hydrogens (tertiary/aromatic N) is 1. The first kappa shape index (κ1) is 36.3. The highest BCUT2D eigenvalue weighted by atomic mass is 32.1. The van der Waals surface area contributed by atoms with Crippen LogP contribution in [0.25, 0.3) is 6.08 Å². The van der Waals surface area contributed by atoms with E-state index < -0.39 is 20.2 Å². The lowest BCUT2D eigenvalue weighted by molar-refractivity contribution is -0.140. The maximum atomic E-state index is 14.2. The fraction of sp³-hybridized carbons (Fsp3) is 0.364. The summed E-state index contributed by atoms with van der Waals surface area (Å²) in [5.74, 6) is -0.895. The van der Waals surface area contributed by atoms with Crippen molar-refractivity contribution in [2.24, 2.45) is 17.8 Å². The zero-order valence-electron chi connectivity index (χ0n) is 30.6. The molecule has 4 aromatic rings. The predicted octanol–water partition coefficient (Wildman–Crippen LogP) is 8.12. The van der Waals surface area contributed by atoms with Crippen molar-refractivity contribution in [2.75, 3.05) is 13.2 Å². The molecule has 0 bridgehead atoms. The highest BCUT2D eigenvalue weighted by molar-refractivity contribution is 7.09. The molecule has 0 unspecified atom stereocenters. The minimum Gasteiger partial charge on any atom is -0.507 e. The maximum Gasteiger partial charge on any atom is 0.261 e. The van der Waals surface area contributed by atoms with Crippen LogP contribution in [0.1, 0.15) is 63.8 Å². The van der Waals surface area contributed by atoms with Crippen LogP contribution in [0.2, 0.25) is 5.04 Å². The zero-order valence-corrected chi connectivity index (χ0v) is 32.4. The first-order valence-corrected chi connectivity index (χ1v) is 21.3. The van der Waals surface area contributed by atoms with Gasteiger partial charge in [-0.1, -0.05) is 124 Å². The molecule has 3 heterocycles. The van der Waals surface area contributed by atoms with Crippen molar-refractivity contribution in [3.63, 3.8) is 0 Å². The molecule has 2 aliphatic heterocycles. The number of fused-ring (bicyclic) bond motifs is 3. The molecule has 3 aromatic carbocycles.